The lowest BCUT2D eigenvalue weighted by Crippen LogP contribution is -2.35. The summed E-state index contributed by atoms with van der Waals surface area (Å²) < 4.78 is 23.3. The molecule has 6 rings (SSSR count). The number of nitrogens with zero attached hydrogens (tertiary/aromatic N) is 2. The number of allylic oxidation sites excluding steroid dienone is 2. The van der Waals surface area contributed by atoms with Gasteiger partial charge in [0.05, 0.1) is 61.5 Å². The molecular weight excluding hydrogens is 761 g/mol. The molecule has 2 bridgehead atoms. The lowest BCUT2D eigenvalue weighted by atomic mass is 9.83. The summed E-state index contributed by atoms with van der Waals surface area (Å²) in [7, 11) is 0. The summed E-state index contributed by atoms with van der Waals surface area (Å²) in [4.78, 5) is 26.4. The predicted octanol–water partition coefficient (Wildman–Crippen LogP) is 12.2. The first kappa shape index (κ1) is 44.7. The van der Waals surface area contributed by atoms with Crippen LogP contribution in [0.3, 0.4) is 0 Å². The maximum atomic E-state index is 13.2. The SMILES string of the molecule is N#Cc1ccc(-c2ccc(OCCCCCCCCCOC(=O)[C@H]3[C@H](C(=O)OCCCCCCCCCOc4ccc(-c5ccc(C#N)cc5)cc4)[C@H]4C=C[C@@H]3C4)cc2)cc1. The molecule has 2 aliphatic carbocycles. The summed E-state index contributed by atoms with van der Waals surface area (Å²) in [5.74, 6) is 0.523. The van der Waals surface area contributed by atoms with Gasteiger partial charge in [-0.2, -0.15) is 10.5 Å². The molecule has 2 aliphatic rings. The van der Waals surface area contributed by atoms with E-state index in [0.717, 1.165) is 130 Å². The van der Waals surface area contributed by atoms with E-state index in [9.17, 15) is 9.59 Å². The molecule has 4 aromatic rings. The van der Waals surface area contributed by atoms with Crippen molar-refractivity contribution in [2.45, 2.75) is 96.3 Å². The second-order valence-electron chi connectivity index (χ2n) is 16.4. The Morgan fingerprint density at radius 3 is 1.05 bits per heavy atom. The molecule has 0 saturated heterocycles. The first-order valence-corrected chi connectivity index (χ1v) is 22.5. The number of ether oxygens (including phenoxy) is 4. The van der Waals surface area contributed by atoms with E-state index in [-0.39, 0.29) is 23.8 Å². The minimum absolute atomic E-state index is 0.0679. The second-order valence-corrected chi connectivity index (χ2v) is 16.4. The van der Waals surface area contributed by atoms with Gasteiger partial charge < -0.3 is 18.9 Å². The molecule has 0 amide bonds. The van der Waals surface area contributed by atoms with Crippen molar-refractivity contribution in [2.24, 2.45) is 23.7 Å². The van der Waals surface area contributed by atoms with Crippen molar-refractivity contribution in [3.8, 4) is 45.9 Å². The van der Waals surface area contributed by atoms with E-state index in [4.69, 9.17) is 29.5 Å². The van der Waals surface area contributed by atoms with Crippen molar-refractivity contribution in [2.75, 3.05) is 26.4 Å². The highest BCUT2D eigenvalue weighted by molar-refractivity contribution is 5.84. The van der Waals surface area contributed by atoms with Crippen LogP contribution in [0.4, 0.5) is 0 Å². The maximum Gasteiger partial charge on any atom is 0.310 e. The van der Waals surface area contributed by atoms with Crippen LogP contribution in [0.1, 0.15) is 107 Å². The summed E-state index contributed by atoms with van der Waals surface area (Å²) in [5.41, 5.74) is 5.67. The van der Waals surface area contributed by atoms with E-state index in [1.807, 2.05) is 97.1 Å². The molecule has 61 heavy (non-hydrogen) atoms. The van der Waals surface area contributed by atoms with E-state index in [1.165, 1.54) is 0 Å². The van der Waals surface area contributed by atoms with E-state index < -0.39 is 11.8 Å². The van der Waals surface area contributed by atoms with Gasteiger partial charge in [-0.25, -0.2) is 0 Å². The average molecular weight is 821 g/mol. The van der Waals surface area contributed by atoms with Crippen molar-refractivity contribution in [1.82, 2.24) is 0 Å². The van der Waals surface area contributed by atoms with Gasteiger partial charge in [0.25, 0.3) is 0 Å². The molecule has 0 N–H and O–H groups in total. The molecule has 0 unspecified atom stereocenters. The topological polar surface area (TPSA) is 119 Å². The first-order valence-electron chi connectivity index (χ1n) is 22.5. The van der Waals surface area contributed by atoms with Crippen LogP contribution < -0.4 is 9.47 Å². The Hall–Kier alpha value is -5.86. The second kappa shape index (κ2) is 24.4. The average Bonchev–Trinajstić information content (AvgIpc) is 3.93. The van der Waals surface area contributed by atoms with Gasteiger partial charge in [0, 0.05) is 0 Å². The van der Waals surface area contributed by atoms with Gasteiger partial charge >= 0.3 is 11.9 Å². The number of nitriles is 2. The highest BCUT2D eigenvalue weighted by atomic mass is 16.5. The third kappa shape index (κ3) is 13.8. The van der Waals surface area contributed by atoms with Crippen LogP contribution in [0.5, 0.6) is 11.5 Å². The van der Waals surface area contributed by atoms with Crippen molar-refractivity contribution < 1.29 is 28.5 Å². The molecule has 8 heteroatoms. The highest BCUT2D eigenvalue weighted by Gasteiger charge is 2.53. The van der Waals surface area contributed by atoms with E-state index >= 15 is 0 Å². The van der Waals surface area contributed by atoms with Crippen LogP contribution in [-0.4, -0.2) is 38.4 Å². The number of carbonyl (C=O) groups excluding carboxylic acids is 2. The Morgan fingerprint density at radius 1 is 0.426 bits per heavy atom. The molecule has 8 nitrogen and oxygen atoms in total. The van der Waals surface area contributed by atoms with Crippen LogP contribution in [0.2, 0.25) is 0 Å². The van der Waals surface area contributed by atoms with Gasteiger partial charge in [-0.15, -0.1) is 0 Å². The van der Waals surface area contributed by atoms with Gasteiger partial charge in [0.2, 0.25) is 0 Å². The highest BCUT2D eigenvalue weighted by Crippen LogP contribution is 2.49. The zero-order valence-electron chi connectivity index (χ0n) is 35.5. The molecule has 0 aliphatic heterocycles. The summed E-state index contributed by atoms with van der Waals surface area (Å²) in [6.07, 6.45) is 19.8. The number of carbonyl (C=O) groups is 2. The zero-order chi connectivity index (χ0) is 42.5. The Morgan fingerprint density at radius 2 is 0.721 bits per heavy atom. The lowest BCUT2D eigenvalue weighted by molar-refractivity contribution is -0.161. The van der Waals surface area contributed by atoms with Crippen LogP contribution in [0.25, 0.3) is 22.3 Å². The van der Waals surface area contributed by atoms with E-state index in [0.29, 0.717) is 37.6 Å². The Labute approximate surface area is 362 Å². The number of esters is 2. The van der Waals surface area contributed by atoms with Gasteiger partial charge in [-0.05, 0) is 115 Å². The Kier molecular flexibility index (Phi) is 17.9. The molecule has 1 saturated carbocycles. The number of unbranched alkanes of at least 4 members (excludes halogenated alkanes) is 12. The zero-order valence-corrected chi connectivity index (χ0v) is 35.5. The van der Waals surface area contributed by atoms with E-state index in [2.05, 4.69) is 24.3 Å². The van der Waals surface area contributed by atoms with Crippen LogP contribution in [-0.2, 0) is 19.1 Å². The summed E-state index contributed by atoms with van der Waals surface area (Å²) >= 11 is 0. The number of rotatable bonds is 26. The molecule has 4 atom stereocenters. The van der Waals surface area contributed by atoms with Gasteiger partial charge in [-0.1, -0.05) is 125 Å². The van der Waals surface area contributed by atoms with Crippen molar-refractivity contribution in [3.05, 3.63) is 120 Å². The predicted molar refractivity (Wildman–Crippen MR) is 238 cm³/mol. The third-order valence-corrected chi connectivity index (χ3v) is 12.0. The maximum absolute atomic E-state index is 13.2. The van der Waals surface area contributed by atoms with E-state index in [1.54, 1.807) is 0 Å². The molecule has 318 valence electrons. The minimum Gasteiger partial charge on any atom is -0.494 e. The summed E-state index contributed by atoms with van der Waals surface area (Å²) in [6.45, 7) is 2.19. The smallest absolute Gasteiger partial charge is 0.310 e. The fourth-order valence-corrected chi connectivity index (χ4v) is 8.52. The summed E-state index contributed by atoms with van der Waals surface area (Å²) in [5, 5.41) is 18.0. The Bertz CT molecular complexity index is 1910. The first-order chi connectivity index (χ1) is 30.0. The number of hydrogen-bond donors (Lipinski definition) is 0. The number of hydrogen-bond acceptors (Lipinski definition) is 8. The van der Waals surface area contributed by atoms with Gasteiger partial charge in [0.1, 0.15) is 11.5 Å². The summed E-state index contributed by atoms with van der Waals surface area (Å²) in [6, 6.07) is 35.6. The third-order valence-electron chi connectivity index (χ3n) is 12.0. The molecular formula is C53H60N2O6. The quantitative estimate of drug-likeness (QED) is 0.0349. The molecule has 0 radical (unpaired) electrons. The lowest BCUT2D eigenvalue weighted by Gasteiger charge is -2.25. The van der Waals surface area contributed by atoms with Crippen molar-refractivity contribution in [1.29, 1.82) is 10.5 Å². The van der Waals surface area contributed by atoms with Crippen molar-refractivity contribution in [3.63, 3.8) is 0 Å². The van der Waals surface area contributed by atoms with Gasteiger partial charge in [0.15, 0.2) is 0 Å². The fraction of sp³-hybridized carbons (Fsp3) is 0.434. The van der Waals surface area contributed by atoms with Crippen LogP contribution >= 0.6 is 0 Å². The Balaban J connectivity index is 0.739. The monoisotopic (exact) mass is 820 g/mol. The molecule has 0 spiro atoms. The molecule has 0 heterocycles. The van der Waals surface area contributed by atoms with Crippen molar-refractivity contribution >= 4 is 11.9 Å². The van der Waals surface area contributed by atoms with Crippen LogP contribution in [0.15, 0.2) is 109 Å². The normalized spacial score (nSPS) is 17.3. The number of benzene rings is 4. The minimum atomic E-state index is -0.428. The van der Waals surface area contributed by atoms with Crippen LogP contribution in [0, 0.1) is 46.3 Å². The molecule has 0 aromatic heterocycles. The largest absolute Gasteiger partial charge is 0.494 e. The fourth-order valence-electron chi connectivity index (χ4n) is 8.52. The van der Waals surface area contributed by atoms with Gasteiger partial charge in [-0.3, -0.25) is 9.59 Å². The number of fused-ring (bicyclic) bond motifs is 2. The molecule has 1 fully saturated rings. The molecule has 4 aromatic carbocycles. The standard InChI is InChI=1S/C53H60N2O6/c54-38-40-15-19-42(20-16-40)44-25-29-48(30-26-44)58-33-11-7-3-1-5-9-13-35-60-52(56)50-46-23-24-47(37-46)51(50)53(57)61-36-14-10-6-2-4-8-12-34-59-49-31-27-45(28-32-49)43-21-17-41(39-55)18-22-43/h15-32,46-47,50-51H,1-14,33-37H2/t46-,47+,50-,51-/m1/s1.